The molecule has 0 aromatic rings. The Bertz CT molecular complexity index is 87.7. The van der Waals surface area contributed by atoms with E-state index in [0.29, 0.717) is 0 Å². The average molecular weight is 115 g/mol. The molecule has 0 aromatic heterocycles. The maximum Gasteiger partial charge on any atom is 0.330 e. The Kier molecular flexibility index (Phi) is 3.88. The van der Waals surface area contributed by atoms with Gasteiger partial charge in [-0.2, -0.15) is 0 Å². The van der Waals surface area contributed by atoms with Crippen LogP contribution in [-0.2, 0) is 9.53 Å². The lowest BCUT2D eigenvalue weighted by Gasteiger charge is -1.93. The number of esters is 1. The number of aliphatic hydroxyl groups is 1. The summed E-state index contributed by atoms with van der Waals surface area (Å²) in [6.07, 6.45) is 1.03. The maximum atomic E-state index is 10.1. The van der Waals surface area contributed by atoms with Gasteiger partial charge >= 0.3 is 5.97 Å². The van der Waals surface area contributed by atoms with E-state index in [9.17, 15) is 4.79 Å². The van der Waals surface area contributed by atoms with E-state index in [1.165, 1.54) is 0 Å². The van der Waals surface area contributed by atoms with Gasteiger partial charge < -0.3 is 9.84 Å². The lowest BCUT2D eigenvalue weighted by molar-refractivity contribution is -0.137. The maximum absolute atomic E-state index is 10.1. The van der Waals surface area contributed by atoms with Crippen LogP contribution in [0.4, 0.5) is 0 Å². The summed E-state index contributed by atoms with van der Waals surface area (Å²) >= 11 is 0. The monoisotopic (exact) mass is 115 g/mol. The molecule has 0 spiro atoms. The zero-order chi connectivity index (χ0) is 6.41. The molecule has 0 fully saturated rings. The predicted octanol–water partition coefficient (Wildman–Crippen LogP) is 0.250. The van der Waals surface area contributed by atoms with Gasteiger partial charge in [-0.3, -0.25) is 0 Å². The Morgan fingerprint density at radius 1 is 1.88 bits per heavy atom. The zero-order valence-corrected chi connectivity index (χ0v) is 4.33. The highest BCUT2D eigenvalue weighted by atomic mass is 16.5. The fraction of sp³-hybridized carbons (Fsp3) is 0.200. The first-order chi connectivity index (χ1) is 3.81. The van der Waals surface area contributed by atoms with E-state index in [1.54, 1.807) is 0 Å². The largest absolute Gasteiger partial charge is 0.460 e. The van der Waals surface area contributed by atoms with Crippen LogP contribution in [0.3, 0.4) is 0 Å². The molecule has 0 saturated carbocycles. The van der Waals surface area contributed by atoms with Crippen molar-refractivity contribution in [3.05, 3.63) is 19.3 Å². The number of carbonyl (C=O) groups is 1. The number of aliphatic hydroxyl groups excluding tert-OH is 1. The van der Waals surface area contributed by atoms with Gasteiger partial charge in [0.15, 0.2) is 0 Å². The van der Waals surface area contributed by atoms with Gasteiger partial charge in [-0.15, -0.1) is 0 Å². The highest BCUT2D eigenvalue weighted by molar-refractivity contribution is 5.81. The minimum Gasteiger partial charge on any atom is -0.460 e. The molecule has 0 aliphatic heterocycles. The summed E-state index contributed by atoms with van der Waals surface area (Å²) in [5.41, 5.74) is 0. The van der Waals surface area contributed by atoms with Crippen molar-refractivity contribution in [3.63, 3.8) is 0 Å². The van der Waals surface area contributed by atoms with Crippen LogP contribution in [0.1, 0.15) is 0 Å². The van der Waals surface area contributed by atoms with Gasteiger partial charge in [-0.05, 0) is 0 Å². The molecule has 0 atom stereocenters. The van der Waals surface area contributed by atoms with Crippen molar-refractivity contribution < 1.29 is 14.6 Å². The first-order valence-electron chi connectivity index (χ1n) is 2.06. The van der Waals surface area contributed by atoms with Gasteiger partial charge in [0.25, 0.3) is 0 Å². The molecule has 0 unspecified atom stereocenters. The van der Waals surface area contributed by atoms with Crippen LogP contribution in [0.15, 0.2) is 12.7 Å². The van der Waals surface area contributed by atoms with Crippen LogP contribution in [0.5, 0.6) is 0 Å². The Morgan fingerprint density at radius 3 is 2.88 bits per heavy atom. The van der Waals surface area contributed by atoms with Crippen molar-refractivity contribution in [2.24, 2.45) is 0 Å². The van der Waals surface area contributed by atoms with E-state index in [2.05, 4.69) is 11.3 Å². The number of carbonyl (C=O) groups excluding carboxylic acids is 1. The second kappa shape index (κ2) is 4.33. The van der Waals surface area contributed by atoms with Gasteiger partial charge in [0.1, 0.15) is 13.2 Å². The van der Waals surface area contributed by atoms with Crippen molar-refractivity contribution in [3.8, 4) is 0 Å². The second-order valence-corrected chi connectivity index (χ2v) is 1.02. The van der Waals surface area contributed by atoms with E-state index < -0.39 is 5.97 Å². The third kappa shape index (κ3) is 3.36. The summed E-state index contributed by atoms with van der Waals surface area (Å²) in [4.78, 5) is 10.1. The van der Waals surface area contributed by atoms with E-state index in [0.717, 1.165) is 12.7 Å². The quantitative estimate of drug-likeness (QED) is 0.423. The minimum atomic E-state index is -0.532. The molecule has 0 bridgehead atoms. The topological polar surface area (TPSA) is 46.5 Å². The minimum absolute atomic E-state index is 0.0785. The first-order valence-corrected chi connectivity index (χ1v) is 2.06. The molecule has 45 valence electrons. The molecule has 3 heteroatoms. The zero-order valence-electron chi connectivity index (χ0n) is 4.33. The number of rotatable bonds is 3. The molecular formula is C5H7O3. The molecule has 0 rings (SSSR count). The van der Waals surface area contributed by atoms with Gasteiger partial charge in [0.2, 0.25) is 0 Å². The first kappa shape index (κ1) is 7.17. The molecule has 0 heterocycles. The summed E-state index contributed by atoms with van der Waals surface area (Å²) < 4.78 is 4.28. The lowest BCUT2D eigenvalue weighted by atomic mass is 10.6. The summed E-state index contributed by atoms with van der Waals surface area (Å²) in [6, 6.07) is 0. The molecule has 0 saturated heterocycles. The molecule has 1 N–H and O–H groups in total. The molecule has 0 aliphatic carbocycles. The van der Waals surface area contributed by atoms with Gasteiger partial charge in [-0.1, -0.05) is 6.58 Å². The molecule has 8 heavy (non-hydrogen) atoms. The van der Waals surface area contributed by atoms with Crippen molar-refractivity contribution in [2.75, 3.05) is 6.61 Å². The summed E-state index contributed by atoms with van der Waals surface area (Å²) in [6.45, 7) is 3.82. The van der Waals surface area contributed by atoms with E-state index in [-0.39, 0.29) is 6.61 Å². The van der Waals surface area contributed by atoms with E-state index in [1.807, 2.05) is 0 Å². The molecule has 0 aliphatic rings. The highest BCUT2D eigenvalue weighted by Crippen LogP contribution is 1.78. The summed E-state index contributed by atoms with van der Waals surface area (Å²) in [5, 5.41) is 7.97. The predicted molar refractivity (Wildman–Crippen MR) is 27.4 cm³/mol. The van der Waals surface area contributed by atoms with Crippen molar-refractivity contribution >= 4 is 5.97 Å². The van der Waals surface area contributed by atoms with Crippen molar-refractivity contribution in [1.29, 1.82) is 0 Å². The molecule has 0 aromatic carbocycles. The standard InChI is InChI=1S/C5H7O3/c1-2-5(7)8-4-3-6/h2-3,6H,1,4H2. The lowest BCUT2D eigenvalue weighted by Crippen LogP contribution is -2.01. The number of hydrogen-bond acceptors (Lipinski definition) is 3. The third-order valence-corrected chi connectivity index (χ3v) is 0.467. The van der Waals surface area contributed by atoms with E-state index in [4.69, 9.17) is 5.11 Å². The van der Waals surface area contributed by atoms with Crippen molar-refractivity contribution in [2.45, 2.75) is 0 Å². The van der Waals surface area contributed by atoms with Crippen LogP contribution in [0.2, 0.25) is 0 Å². The second-order valence-electron chi connectivity index (χ2n) is 1.02. The summed E-state index contributed by atoms with van der Waals surface area (Å²) in [5.74, 6) is -0.532. The fourth-order valence-corrected chi connectivity index (χ4v) is 0.178. The van der Waals surface area contributed by atoms with Crippen LogP contribution in [0, 0.1) is 6.61 Å². The fourth-order valence-electron chi connectivity index (χ4n) is 0.178. The smallest absolute Gasteiger partial charge is 0.330 e. The normalized spacial score (nSPS) is 8.12. The van der Waals surface area contributed by atoms with Gasteiger partial charge in [0, 0.05) is 6.08 Å². The van der Waals surface area contributed by atoms with Crippen molar-refractivity contribution in [1.82, 2.24) is 0 Å². The number of ether oxygens (including phenoxy) is 1. The third-order valence-electron chi connectivity index (χ3n) is 0.467. The Labute approximate surface area is 47.6 Å². The van der Waals surface area contributed by atoms with Crippen LogP contribution in [-0.4, -0.2) is 17.7 Å². The van der Waals surface area contributed by atoms with Gasteiger partial charge in [-0.25, -0.2) is 4.79 Å². The Morgan fingerprint density at radius 2 is 2.50 bits per heavy atom. The van der Waals surface area contributed by atoms with Crippen LogP contribution in [0.25, 0.3) is 0 Å². The molecule has 1 radical (unpaired) electrons. The highest BCUT2D eigenvalue weighted by Gasteiger charge is 1.90. The molecule has 3 nitrogen and oxygen atoms in total. The molecular weight excluding hydrogens is 108 g/mol. The summed E-state index contributed by atoms with van der Waals surface area (Å²) in [7, 11) is 0. The number of hydrogen-bond donors (Lipinski definition) is 1. The van der Waals surface area contributed by atoms with Crippen LogP contribution < -0.4 is 0 Å². The van der Waals surface area contributed by atoms with Gasteiger partial charge in [0.05, 0.1) is 0 Å². The SMILES string of the molecule is C=CC(=O)OC[CH]O. The Hall–Kier alpha value is -0.830. The molecule has 0 amide bonds. The van der Waals surface area contributed by atoms with Crippen LogP contribution >= 0.6 is 0 Å². The average Bonchev–Trinajstić information content (AvgIpc) is 1.83. The Balaban J connectivity index is 3.11. The van der Waals surface area contributed by atoms with E-state index >= 15 is 0 Å².